The number of hydrogen-bond acceptors (Lipinski definition) is 8. The summed E-state index contributed by atoms with van der Waals surface area (Å²) >= 11 is 1.12. The molecule has 0 aliphatic heterocycles. The van der Waals surface area contributed by atoms with Crippen molar-refractivity contribution in [3.63, 3.8) is 0 Å². The number of para-hydroxylation sites is 2. The monoisotopic (exact) mass is 379 g/mol. The summed E-state index contributed by atoms with van der Waals surface area (Å²) < 4.78 is 12.0. The van der Waals surface area contributed by atoms with E-state index in [0.29, 0.717) is 29.7 Å². The molecule has 1 amide bonds. The third kappa shape index (κ3) is 5.73. The van der Waals surface area contributed by atoms with Crippen molar-refractivity contribution >= 4 is 23.6 Å². The lowest BCUT2D eigenvalue weighted by atomic mass is 10.3. The quantitative estimate of drug-likeness (QED) is 0.485. The van der Waals surface area contributed by atoms with Crippen molar-refractivity contribution < 1.29 is 19.1 Å². The number of rotatable bonds is 10. The summed E-state index contributed by atoms with van der Waals surface area (Å²) in [7, 11) is 0. The molecule has 0 bridgehead atoms. The normalized spacial score (nSPS) is 10.4. The number of carbonyl (C=O) groups is 2. The van der Waals surface area contributed by atoms with Crippen LogP contribution in [0.4, 0.5) is 0 Å². The van der Waals surface area contributed by atoms with E-state index in [0.717, 1.165) is 18.2 Å². The van der Waals surface area contributed by atoms with Crippen LogP contribution in [0.2, 0.25) is 0 Å². The molecule has 0 fully saturated rings. The lowest BCUT2D eigenvalue weighted by molar-refractivity contribution is -0.145. The Morgan fingerprint density at radius 2 is 2.08 bits per heavy atom. The van der Waals surface area contributed by atoms with Crippen LogP contribution in [-0.2, 0) is 14.3 Å². The number of nitrogens with one attached hydrogen (secondary N) is 1. The molecule has 1 aromatic carbocycles. The van der Waals surface area contributed by atoms with Crippen molar-refractivity contribution in [2.45, 2.75) is 25.4 Å². The molecule has 1 heterocycles. The fourth-order valence-corrected chi connectivity index (χ4v) is 2.64. The number of thioether (sulfide) groups is 1. The molecule has 2 rings (SSSR count). The molecule has 10 heteroatoms. The molecule has 26 heavy (non-hydrogen) atoms. The molecule has 1 N–H and O–H groups in total. The largest absolute Gasteiger partial charge is 0.492 e. The first-order valence-corrected chi connectivity index (χ1v) is 9.20. The summed E-state index contributed by atoms with van der Waals surface area (Å²) in [4.78, 5) is 23.2. The summed E-state index contributed by atoms with van der Waals surface area (Å²) in [6.45, 7) is 4.60. The number of ether oxygens (including phenoxy) is 2. The Morgan fingerprint density at radius 1 is 1.27 bits per heavy atom. The third-order valence-corrected chi connectivity index (χ3v) is 3.98. The van der Waals surface area contributed by atoms with Gasteiger partial charge in [-0.1, -0.05) is 30.8 Å². The Labute approximate surface area is 155 Å². The zero-order valence-corrected chi connectivity index (χ0v) is 15.5. The van der Waals surface area contributed by atoms with Gasteiger partial charge in [-0.15, -0.1) is 5.10 Å². The van der Waals surface area contributed by atoms with E-state index in [-0.39, 0.29) is 18.3 Å². The van der Waals surface area contributed by atoms with Crippen molar-refractivity contribution in [3.8, 4) is 11.4 Å². The predicted octanol–water partition coefficient (Wildman–Crippen LogP) is 1.22. The number of esters is 1. The number of aromatic nitrogens is 4. The zero-order valence-electron chi connectivity index (χ0n) is 14.7. The maximum absolute atomic E-state index is 11.8. The van der Waals surface area contributed by atoms with Crippen LogP contribution >= 0.6 is 11.8 Å². The minimum atomic E-state index is -0.519. The van der Waals surface area contributed by atoms with Gasteiger partial charge in [0, 0.05) is 6.54 Å². The summed E-state index contributed by atoms with van der Waals surface area (Å²) in [6, 6.07) is 7.34. The summed E-state index contributed by atoms with van der Waals surface area (Å²) in [5.41, 5.74) is 0.675. The predicted molar refractivity (Wildman–Crippen MR) is 95.3 cm³/mol. The molecule has 0 saturated heterocycles. The van der Waals surface area contributed by atoms with Crippen molar-refractivity contribution in [1.82, 2.24) is 25.5 Å². The summed E-state index contributed by atoms with van der Waals surface area (Å²) in [5.74, 6) is -0.215. The molecule has 0 unspecified atom stereocenters. The minimum absolute atomic E-state index is 0.0156. The highest BCUT2D eigenvalue weighted by atomic mass is 32.2. The van der Waals surface area contributed by atoms with Crippen LogP contribution in [0.15, 0.2) is 29.4 Å². The van der Waals surface area contributed by atoms with E-state index in [1.165, 1.54) is 4.68 Å². The molecule has 2 aromatic rings. The number of benzene rings is 1. The molecule has 0 spiro atoms. The average molecular weight is 379 g/mol. The zero-order chi connectivity index (χ0) is 18.8. The van der Waals surface area contributed by atoms with Crippen molar-refractivity contribution in [2.75, 3.05) is 25.5 Å². The van der Waals surface area contributed by atoms with Crippen LogP contribution in [0.3, 0.4) is 0 Å². The molecule has 0 aliphatic rings. The highest BCUT2D eigenvalue weighted by Crippen LogP contribution is 2.25. The number of amides is 1. The number of nitrogens with zero attached hydrogens (tertiary/aromatic N) is 4. The molecule has 1 aromatic heterocycles. The smallest absolute Gasteiger partial charge is 0.316 e. The van der Waals surface area contributed by atoms with Gasteiger partial charge >= 0.3 is 5.97 Å². The molecule has 140 valence electrons. The fourth-order valence-electron chi connectivity index (χ4n) is 1.96. The second-order valence-electron chi connectivity index (χ2n) is 5.07. The Morgan fingerprint density at radius 3 is 2.85 bits per heavy atom. The van der Waals surface area contributed by atoms with Crippen molar-refractivity contribution in [2.24, 2.45) is 0 Å². The lowest BCUT2D eigenvalue weighted by Gasteiger charge is -2.10. The van der Waals surface area contributed by atoms with Gasteiger partial charge in [0.15, 0.2) is 6.61 Å². The van der Waals surface area contributed by atoms with E-state index >= 15 is 0 Å². The van der Waals surface area contributed by atoms with E-state index < -0.39 is 5.97 Å². The first kappa shape index (κ1) is 19.7. The highest BCUT2D eigenvalue weighted by molar-refractivity contribution is 7.99. The third-order valence-electron chi connectivity index (χ3n) is 3.09. The Balaban J connectivity index is 1.93. The summed E-state index contributed by atoms with van der Waals surface area (Å²) in [6.07, 6.45) is 0.821. The Kier molecular flexibility index (Phi) is 7.87. The first-order valence-electron chi connectivity index (χ1n) is 8.21. The fraction of sp³-hybridized carbons (Fsp3) is 0.438. The number of carbonyl (C=O) groups excluding carboxylic acids is 2. The molecule has 9 nitrogen and oxygen atoms in total. The van der Waals surface area contributed by atoms with Crippen LogP contribution < -0.4 is 10.1 Å². The van der Waals surface area contributed by atoms with Crippen LogP contribution in [0.1, 0.15) is 20.3 Å². The van der Waals surface area contributed by atoms with Gasteiger partial charge in [-0.2, -0.15) is 4.68 Å². The van der Waals surface area contributed by atoms with E-state index in [2.05, 4.69) is 20.8 Å². The van der Waals surface area contributed by atoms with Gasteiger partial charge in [0.25, 0.3) is 5.91 Å². The van der Waals surface area contributed by atoms with E-state index in [1.807, 2.05) is 38.1 Å². The van der Waals surface area contributed by atoms with Gasteiger partial charge in [0.05, 0.1) is 12.4 Å². The van der Waals surface area contributed by atoms with E-state index in [1.54, 1.807) is 0 Å². The molecular weight excluding hydrogens is 358 g/mol. The van der Waals surface area contributed by atoms with E-state index in [9.17, 15) is 9.59 Å². The highest BCUT2D eigenvalue weighted by Gasteiger charge is 2.15. The maximum Gasteiger partial charge on any atom is 0.316 e. The van der Waals surface area contributed by atoms with Crippen LogP contribution in [0, 0.1) is 0 Å². The van der Waals surface area contributed by atoms with Crippen molar-refractivity contribution in [1.29, 1.82) is 0 Å². The number of tetrazole rings is 1. The van der Waals surface area contributed by atoms with Gasteiger partial charge in [0.1, 0.15) is 11.4 Å². The molecular formula is C16H21N5O4S. The van der Waals surface area contributed by atoms with Gasteiger partial charge in [-0.3, -0.25) is 9.59 Å². The molecule has 0 radical (unpaired) electrons. The number of hydrogen-bond donors (Lipinski definition) is 1. The van der Waals surface area contributed by atoms with Crippen LogP contribution in [0.25, 0.3) is 5.69 Å². The minimum Gasteiger partial charge on any atom is -0.492 e. The first-order chi connectivity index (χ1) is 12.7. The van der Waals surface area contributed by atoms with Gasteiger partial charge in [0.2, 0.25) is 5.16 Å². The van der Waals surface area contributed by atoms with Gasteiger partial charge in [-0.05, 0) is 35.9 Å². The Hall–Kier alpha value is -2.62. The SMILES string of the molecule is CCCNC(=O)COC(=O)CSc1nnnn1-c1ccccc1OCC. The topological polar surface area (TPSA) is 108 Å². The maximum atomic E-state index is 11.8. The van der Waals surface area contributed by atoms with Gasteiger partial charge in [-0.25, -0.2) is 0 Å². The standard InChI is InChI=1S/C16H21N5O4S/c1-3-9-17-14(22)10-25-15(23)11-26-16-18-19-20-21(16)12-7-5-6-8-13(12)24-4-2/h5-8H,3-4,9-11H2,1-2H3,(H,17,22). The lowest BCUT2D eigenvalue weighted by Crippen LogP contribution is -2.29. The second-order valence-corrected chi connectivity index (χ2v) is 6.02. The molecule has 0 saturated carbocycles. The molecule has 0 aliphatic carbocycles. The van der Waals surface area contributed by atoms with Crippen LogP contribution in [-0.4, -0.2) is 57.6 Å². The average Bonchev–Trinajstić information content (AvgIpc) is 3.12. The Bertz CT molecular complexity index is 737. The second kappa shape index (κ2) is 10.4. The summed E-state index contributed by atoms with van der Waals surface area (Å²) in [5, 5.41) is 14.6. The van der Waals surface area contributed by atoms with Gasteiger partial charge < -0.3 is 14.8 Å². The molecule has 0 atom stereocenters. The van der Waals surface area contributed by atoms with Crippen molar-refractivity contribution in [3.05, 3.63) is 24.3 Å². The van der Waals surface area contributed by atoms with Crippen LogP contribution in [0.5, 0.6) is 5.75 Å². The van der Waals surface area contributed by atoms with E-state index in [4.69, 9.17) is 9.47 Å².